The summed E-state index contributed by atoms with van der Waals surface area (Å²) in [5, 5.41) is 0. The van der Waals surface area contributed by atoms with Crippen LogP contribution in [0, 0.1) is 0 Å². The third-order valence-corrected chi connectivity index (χ3v) is 2.98. The number of esters is 3. The zero-order valence-corrected chi connectivity index (χ0v) is 13.4. The third kappa shape index (κ3) is 6.39. The number of ether oxygens (including phenoxy) is 3. The SMILES string of the molecule is C=CC(=O)Oc1cc(OC(=O)C=C)cc(C(=O)OCCSC)c1. The standard InChI is InChI=1S/C16H16O6S/c1-4-14(17)21-12-8-11(16(19)20-6-7-23-3)9-13(10-12)22-15(18)5-2/h4-5,8-10H,1-2,6-7H2,3H3. The molecule has 0 aliphatic heterocycles. The molecule has 0 spiro atoms. The maximum Gasteiger partial charge on any atom is 0.338 e. The van der Waals surface area contributed by atoms with Gasteiger partial charge in [0.25, 0.3) is 0 Å². The average molecular weight is 336 g/mol. The zero-order chi connectivity index (χ0) is 17.2. The number of thioether (sulfide) groups is 1. The monoisotopic (exact) mass is 336 g/mol. The Hall–Kier alpha value is -2.54. The molecule has 0 bridgehead atoms. The number of carbonyl (C=O) groups is 3. The van der Waals surface area contributed by atoms with E-state index < -0.39 is 17.9 Å². The molecule has 0 N–H and O–H groups in total. The Morgan fingerprint density at radius 1 is 1.04 bits per heavy atom. The van der Waals surface area contributed by atoms with E-state index in [1.165, 1.54) is 30.0 Å². The fourth-order valence-electron chi connectivity index (χ4n) is 1.42. The van der Waals surface area contributed by atoms with Crippen molar-refractivity contribution in [2.45, 2.75) is 0 Å². The van der Waals surface area contributed by atoms with E-state index in [2.05, 4.69) is 13.2 Å². The maximum absolute atomic E-state index is 12.0. The van der Waals surface area contributed by atoms with Crippen LogP contribution < -0.4 is 9.47 Å². The molecule has 0 unspecified atom stereocenters. The van der Waals surface area contributed by atoms with Crippen LogP contribution in [-0.4, -0.2) is 36.5 Å². The first-order chi connectivity index (χ1) is 11.0. The van der Waals surface area contributed by atoms with E-state index in [1.807, 2.05) is 6.26 Å². The summed E-state index contributed by atoms with van der Waals surface area (Å²) in [4.78, 5) is 34.5. The summed E-state index contributed by atoms with van der Waals surface area (Å²) < 4.78 is 15.0. The molecular formula is C16H16O6S. The molecule has 0 fully saturated rings. The summed E-state index contributed by atoms with van der Waals surface area (Å²) in [5.41, 5.74) is 0.0901. The maximum atomic E-state index is 12.0. The smallest absolute Gasteiger partial charge is 0.338 e. The molecule has 0 aliphatic rings. The number of rotatable bonds is 8. The van der Waals surface area contributed by atoms with Crippen LogP contribution in [0.2, 0.25) is 0 Å². The topological polar surface area (TPSA) is 78.9 Å². The van der Waals surface area contributed by atoms with Gasteiger partial charge >= 0.3 is 17.9 Å². The summed E-state index contributed by atoms with van der Waals surface area (Å²) in [7, 11) is 0. The van der Waals surface area contributed by atoms with Crippen molar-refractivity contribution in [1.29, 1.82) is 0 Å². The summed E-state index contributed by atoms with van der Waals surface area (Å²) in [6.07, 6.45) is 3.83. The molecule has 122 valence electrons. The van der Waals surface area contributed by atoms with Crippen LogP contribution in [0.4, 0.5) is 0 Å². The number of hydrogen-bond acceptors (Lipinski definition) is 7. The van der Waals surface area contributed by atoms with Gasteiger partial charge in [0.05, 0.1) is 5.56 Å². The van der Waals surface area contributed by atoms with E-state index in [0.29, 0.717) is 5.75 Å². The first-order valence-electron chi connectivity index (χ1n) is 6.49. The Labute approximate surface area is 138 Å². The average Bonchev–Trinajstić information content (AvgIpc) is 2.54. The lowest BCUT2D eigenvalue weighted by Crippen LogP contribution is -2.11. The van der Waals surface area contributed by atoms with Crippen molar-refractivity contribution in [1.82, 2.24) is 0 Å². The Morgan fingerprint density at radius 2 is 1.57 bits per heavy atom. The summed E-state index contributed by atoms with van der Waals surface area (Å²) in [6.45, 7) is 6.80. The van der Waals surface area contributed by atoms with Crippen molar-refractivity contribution in [3.63, 3.8) is 0 Å². The second-order valence-electron chi connectivity index (χ2n) is 4.07. The summed E-state index contributed by atoms with van der Waals surface area (Å²) in [5.74, 6) is -1.33. The molecule has 0 heterocycles. The zero-order valence-electron chi connectivity index (χ0n) is 12.6. The van der Waals surface area contributed by atoms with Crippen molar-refractivity contribution in [3.05, 3.63) is 49.1 Å². The van der Waals surface area contributed by atoms with Crippen molar-refractivity contribution in [3.8, 4) is 11.5 Å². The van der Waals surface area contributed by atoms with Crippen LogP contribution in [0.25, 0.3) is 0 Å². The Bertz CT molecular complexity index is 583. The van der Waals surface area contributed by atoms with Crippen LogP contribution >= 0.6 is 11.8 Å². The molecule has 0 aromatic heterocycles. The Kier molecular flexibility index (Phi) is 7.62. The quantitative estimate of drug-likeness (QED) is 0.312. The van der Waals surface area contributed by atoms with Crippen LogP contribution in [0.1, 0.15) is 10.4 Å². The van der Waals surface area contributed by atoms with E-state index in [4.69, 9.17) is 14.2 Å². The largest absolute Gasteiger partial charge is 0.461 e. The van der Waals surface area contributed by atoms with Gasteiger partial charge in [0.15, 0.2) is 0 Å². The molecule has 1 rings (SSSR count). The lowest BCUT2D eigenvalue weighted by atomic mass is 10.2. The normalized spacial score (nSPS) is 9.61. The van der Waals surface area contributed by atoms with Crippen molar-refractivity contribution in [2.75, 3.05) is 18.6 Å². The van der Waals surface area contributed by atoms with Gasteiger partial charge in [-0.25, -0.2) is 14.4 Å². The highest BCUT2D eigenvalue weighted by Crippen LogP contribution is 2.24. The number of hydrogen-bond donors (Lipinski definition) is 0. The van der Waals surface area contributed by atoms with Gasteiger partial charge in [-0.2, -0.15) is 11.8 Å². The van der Waals surface area contributed by atoms with Gasteiger partial charge in [-0.15, -0.1) is 0 Å². The molecule has 6 nitrogen and oxygen atoms in total. The van der Waals surface area contributed by atoms with E-state index >= 15 is 0 Å². The molecule has 0 saturated heterocycles. The van der Waals surface area contributed by atoms with Crippen molar-refractivity contribution >= 4 is 29.7 Å². The Morgan fingerprint density at radius 3 is 2.00 bits per heavy atom. The molecule has 7 heteroatoms. The van der Waals surface area contributed by atoms with Gasteiger partial charge in [0.2, 0.25) is 0 Å². The minimum absolute atomic E-state index is 0.0288. The van der Waals surface area contributed by atoms with Crippen LogP contribution in [0.3, 0.4) is 0 Å². The highest BCUT2D eigenvalue weighted by atomic mass is 32.2. The van der Waals surface area contributed by atoms with E-state index in [0.717, 1.165) is 12.2 Å². The van der Waals surface area contributed by atoms with E-state index in [1.54, 1.807) is 0 Å². The van der Waals surface area contributed by atoms with Gasteiger partial charge in [-0.05, 0) is 18.4 Å². The molecule has 1 aromatic rings. The molecule has 23 heavy (non-hydrogen) atoms. The van der Waals surface area contributed by atoms with Crippen LogP contribution in [0.5, 0.6) is 11.5 Å². The van der Waals surface area contributed by atoms with Gasteiger partial charge in [-0.1, -0.05) is 13.2 Å². The first kappa shape index (κ1) is 18.5. The highest BCUT2D eigenvalue weighted by Gasteiger charge is 2.14. The van der Waals surface area contributed by atoms with Gasteiger partial charge < -0.3 is 14.2 Å². The molecule has 0 radical (unpaired) electrons. The fraction of sp³-hybridized carbons (Fsp3) is 0.188. The van der Waals surface area contributed by atoms with Crippen LogP contribution in [0.15, 0.2) is 43.5 Å². The molecule has 0 saturated carbocycles. The predicted molar refractivity (Wildman–Crippen MR) is 86.8 cm³/mol. The van der Waals surface area contributed by atoms with Gasteiger partial charge in [-0.3, -0.25) is 0 Å². The van der Waals surface area contributed by atoms with Gasteiger partial charge in [0, 0.05) is 24.0 Å². The number of benzene rings is 1. The second kappa shape index (κ2) is 9.47. The minimum Gasteiger partial charge on any atom is -0.461 e. The lowest BCUT2D eigenvalue weighted by molar-refractivity contribution is -0.129. The van der Waals surface area contributed by atoms with E-state index in [9.17, 15) is 14.4 Å². The lowest BCUT2D eigenvalue weighted by Gasteiger charge is -2.09. The number of carbonyl (C=O) groups excluding carboxylic acids is 3. The molecule has 1 aromatic carbocycles. The first-order valence-corrected chi connectivity index (χ1v) is 7.89. The second-order valence-corrected chi connectivity index (χ2v) is 5.06. The molecule has 0 amide bonds. The predicted octanol–water partition coefficient (Wildman–Crippen LogP) is 2.39. The van der Waals surface area contributed by atoms with Gasteiger partial charge in [0.1, 0.15) is 18.1 Å². The minimum atomic E-state index is -0.709. The third-order valence-electron chi connectivity index (χ3n) is 2.41. The van der Waals surface area contributed by atoms with Crippen molar-refractivity contribution in [2.24, 2.45) is 0 Å². The highest BCUT2D eigenvalue weighted by molar-refractivity contribution is 7.98. The van der Waals surface area contributed by atoms with Crippen molar-refractivity contribution < 1.29 is 28.6 Å². The molecule has 0 atom stereocenters. The van der Waals surface area contributed by atoms with Crippen LogP contribution in [-0.2, 0) is 14.3 Å². The Balaban J connectivity index is 3.04. The molecular weight excluding hydrogens is 320 g/mol. The molecule has 0 aliphatic carbocycles. The van der Waals surface area contributed by atoms with E-state index in [-0.39, 0.29) is 23.7 Å². The fourth-order valence-corrected chi connectivity index (χ4v) is 1.67. The summed E-state index contributed by atoms with van der Waals surface area (Å²) in [6, 6.07) is 3.92. The summed E-state index contributed by atoms with van der Waals surface area (Å²) >= 11 is 1.53.